The summed E-state index contributed by atoms with van der Waals surface area (Å²) in [4.78, 5) is 14.5. The Morgan fingerprint density at radius 1 is 1.35 bits per heavy atom. The number of carbonyl (C=O) groups excluding carboxylic acids is 1. The van der Waals surface area contributed by atoms with Gasteiger partial charge in [-0.05, 0) is 37.6 Å². The van der Waals surface area contributed by atoms with Crippen molar-refractivity contribution in [1.82, 2.24) is 24.6 Å². The molecular formula is C17H25N5O. The van der Waals surface area contributed by atoms with Gasteiger partial charge in [0.05, 0.1) is 12.6 Å². The van der Waals surface area contributed by atoms with Gasteiger partial charge in [0.1, 0.15) is 5.69 Å². The van der Waals surface area contributed by atoms with Gasteiger partial charge in [-0.3, -0.25) is 14.4 Å². The Balaban J connectivity index is 1.75. The first-order chi connectivity index (χ1) is 11.2. The van der Waals surface area contributed by atoms with Crippen molar-refractivity contribution in [3.63, 3.8) is 0 Å². The van der Waals surface area contributed by atoms with E-state index in [0.29, 0.717) is 6.04 Å². The zero-order chi connectivity index (χ0) is 16.2. The summed E-state index contributed by atoms with van der Waals surface area (Å²) in [5.41, 5.74) is 1.95. The van der Waals surface area contributed by atoms with Crippen LogP contribution in [0.25, 0.3) is 0 Å². The van der Waals surface area contributed by atoms with Crippen LogP contribution in [-0.2, 0) is 13.6 Å². The zero-order valence-corrected chi connectivity index (χ0v) is 13.9. The third-order valence-electron chi connectivity index (χ3n) is 4.75. The smallest absolute Gasteiger partial charge is 0.267 e. The molecule has 0 unspecified atom stereocenters. The minimum atomic E-state index is -0.0300. The van der Waals surface area contributed by atoms with E-state index in [0.717, 1.165) is 31.7 Å². The van der Waals surface area contributed by atoms with Crippen molar-refractivity contribution >= 4 is 5.91 Å². The molecule has 1 atom stereocenters. The molecule has 1 fully saturated rings. The molecule has 124 valence electrons. The predicted molar refractivity (Wildman–Crippen MR) is 89.2 cm³/mol. The predicted octanol–water partition coefficient (Wildman–Crippen LogP) is 1.81. The highest BCUT2D eigenvalue weighted by atomic mass is 16.1. The van der Waals surface area contributed by atoms with Crippen LogP contribution in [0.15, 0.2) is 30.6 Å². The molecule has 1 aliphatic heterocycles. The molecule has 6 nitrogen and oxygen atoms in total. The van der Waals surface area contributed by atoms with Crippen molar-refractivity contribution in [2.24, 2.45) is 7.05 Å². The van der Waals surface area contributed by atoms with E-state index >= 15 is 0 Å². The van der Waals surface area contributed by atoms with Crippen LogP contribution in [-0.4, -0.2) is 45.3 Å². The van der Waals surface area contributed by atoms with Gasteiger partial charge in [-0.2, -0.15) is 5.10 Å². The van der Waals surface area contributed by atoms with Crippen LogP contribution in [0.2, 0.25) is 0 Å². The number of amides is 1. The van der Waals surface area contributed by atoms with Gasteiger partial charge in [-0.1, -0.05) is 6.42 Å². The van der Waals surface area contributed by atoms with Gasteiger partial charge in [0.25, 0.3) is 5.91 Å². The summed E-state index contributed by atoms with van der Waals surface area (Å²) in [7, 11) is 3.66. The third kappa shape index (κ3) is 3.32. The number of hydrogen-bond acceptors (Lipinski definition) is 3. The summed E-state index contributed by atoms with van der Waals surface area (Å²) < 4.78 is 4.02. The molecule has 0 bridgehead atoms. The average Bonchev–Trinajstić information content (AvgIpc) is 3.22. The van der Waals surface area contributed by atoms with E-state index in [9.17, 15) is 4.79 Å². The molecule has 1 saturated heterocycles. The van der Waals surface area contributed by atoms with Crippen LogP contribution >= 0.6 is 0 Å². The van der Waals surface area contributed by atoms with Crippen molar-refractivity contribution in [2.45, 2.75) is 31.8 Å². The average molecular weight is 315 g/mol. The largest absolute Gasteiger partial charge is 0.354 e. The Morgan fingerprint density at radius 3 is 2.96 bits per heavy atom. The molecule has 0 radical (unpaired) electrons. The maximum atomic E-state index is 11.9. The highest BCUT2D eigenvalue weighted by Gasteiger charge is 2.27. The summed E-state index contributed by atoms with van der Waals surface area (Å²) >= 11 is 0. The van der Waals surface area contributed by atoms with E-state index < -0.39 is 0 Å². The number of aromatic nitrogens is 3. The Bertz CT molecular complexity index is 646. The van der Waals surface area contributed by atoms with Crippen LogP contribution in [0.3, 0.4) is 0 Å². The Hall–Kier alpha value is -2.08. The number of hydrogen-bond donors (Lipinski definition) is 1. The lowest BCUT2D eigenvalue weighted by Gasteiger charge is -2.36. The SMILES string of the molecule is CNC(=O)c1ccc([C@@H]2CCCCN2CCn2cccn2)n1C. The third-order valence-corrected chi connectivity index (χ3v) is 4.75. The minimum absolute atomic E-state index is 0.0300. The molecular weight excluding hydrogens is 290 g/mol. The Morgan fingerprint density at radius 2 is 2.22 bits per heavy atom. The first kappa shape index (κ1) is 15.8. The molecule has 3 heterocycles. The number of nitrogens with zero attached hydrogens (tertiary/aromatic N) is 4. The lowest BCUT2D eigenvalue weighted by atomic mass is 9.99. The summed E-state index contributed by atoms with van der Waals surface area (Å²) in [6, 6.07) is 6.36. The van der Waals surface area contributed by atoms with E-state index in [-0.39, 0.29) is 5.91 Å². The fourth-order valence-corrected chi connectivity index (χ4v) is 3.47. The lowest BCUT2D eigenvalue weighted by Crippen LogP contribution is -2.37. The fourth-order valence-electron chi connectivity index (χ4n) is 3.47. The molecule has 2 aromatic rings. The van der Waals surface area contributed by atoms with Gasteiger partial charge in [0.15, 0.2) is 0 Å². The molecule has 23 heavy (non-hydrogen) atoms. The number of carbonyl (C=O) groups is 1. The molecule has 0 aliphatic carbocycles. The van der Waals surface area contributed by atoms with Crippen LogP contribution in [0, 0.1) is 0 Å². The van der Waals surface area contributed by atoms with Gasteiger partial charge in [0, 0.05) is 38.7 Å². The monoisotopic (exact) mass is 315 g/mol. The summed E-state index contributed by atoms with van der Waals surface area (Å²) in [6.07, 6.45) is 7.45. The van der Waals surface area contributed by atoms with Crippen molar-refractivity contribution in [1.29, 1.82) is 0 Å². The van der Waals surface area contributed by atoms with Crippen molar-refractivity contribution in [2.75, 3.05) is 20.1 Å². The second kappa shape index (κ2) is 7.00. The summed E-state index contributed by atoms with van der Waals surface area (Å²) in [5, 5.41) is 6.99. The van der Waals surface area contributed by atoms with Gasteiger partial charge >= 0.3 is 0 Å². The molecule has 1 aliphatic rings. The van der Waals surface area contributed by atoms with E-state index in [1.165, 1.54) is 18.5 Å². The lowest BCUT2D eigenvalue weighted by molar-refractivity contribution is 0.0952. The fraction of sp³-hybridized carbons (Fsp3) is 0.529. The van der Waals surface area contributed by atoms with Crippen LogP contribution in [0.1, 0.15) is 41.5 Å². The van der Waals surface area contributed by atoms with Gasteiger partial charge in [0.2, 0.25) is 0 Å². The summed E-state index contributed by atoms with van der Waals surface area (Å²) in [6.45, 7) is 2.98. The minimum Gasteiger partial charge on any atom is -0.354 e. The Kier molecular flexibility index (Phi) is 4.81. The number of piperidine rings is 1. The van der Waals surface area contributed by atoms with Gasteiger partial charge in [-0.25, -0.2) is 0 Å². The molecule has 0 saturated carbocycles. The summed E-state index contributed by atoms with van der Waals surface area (Å²) in [5.74, 6) is -0.0300. The highest BCUT2D eigenvalue weighted by molar-refractivity contribution is 5.92. The quantitative estimate of drug-likeness (QED) is 0.915. The van der Waals surface area contributed by atoms with Crippen LogP contribution in [0.5, 0.6) is 0 Å². The van der Waals surface area contributed by atoms with Crippen molar-refractivity contribution in [3.05, 3.63) is 42.0 Å². The zero-order valence-electron chi connectivity index (χ0n) is 13.9. The Labute approximate surface area is 137 Å². The van der Waals surface area contributed by atoms with E-state index in [1.807, 2.05) is 40.8 Å². The van der Waals surface area contributed by atoms with Gasteiger partial charge < -0.3 is 9.88 Å². The molecule has 1 amide bonds. The molecule has 2 aromatic heterocycles. The molecule has 0 spiro atoms. The van der Waals surface area contributed by atoms with Crippen molar-refractivity contribution in [3.8, 4) is 0 Å². The van der Waals surface area contributed by atoms with Crippen molar-refractivity contribution < 1.29 is 4.79 Å². The molecule has 0 aromatic carbocycles. The normalized spacial score (nSPS) is 19.0. The topological polar surface area (TPSA) is 55.1 Å². The number of rotatable bonds is 5. The first-order valence-electron chi connectivity index (χ1n) is 8.30. The second-order valence-corrected chi connectivity index (χ2v) is 6.10. The number of likely N-dealkylation sites (tertiary alicyclic amines) is 1. The first-order valence-corrected chi connectivity index (χ1v) is 8.30. The van der Waals surface area contributed by atoms with E-state index in [1.54, 1.807) is 7.05 Å². The molecule has 1 N–H and O–H groups in total. The number of nitrogens with one attached hydrogen (secondary N) is 1. The van der Waals surface area contributed by atoms with Gasteiger partial charge in [-0.15, -0.1) is 0 Å². The van der Waals surface area contributed by atoms with Crippen LogP contribution < -0.4 is 5.32 Å². The van der Waals surface area contributed by atoms with E-state index in [4.69, 9.17) is 0 Å². The molecule has 3 rings (SSSR count). The van der Waals surface area contributed by atoms with E-state index in [2.05, 4.69) is 21.4 Å². The molecule has 6 heteroatoms. The highest BCUT2D eigenvalue weighted by Crippen LogP contribution is 2.31. The standard InChI is InChI=1S/C17H25N5O/c1-18-17(23)16-8-7-14(20(16)2)15-6-3-4-10-21(15)12-13-22-11-5-9-19-22/h5,7-9,11,15H,3-4,6,10,12-13H2,1-2H3,(H,18,23)/t15-/m0/s1. The maximum Gasteiger partial charge on any atom is 0.267 e. The second-order valence-electron chi connectivity index (χ2n) is 6.10. The van der Waals surface area contributed by atoms with Crippen LogP contribution in [0.4, 0.5) is 0 Å². The maximum absolute atomic E-state index is 11.9.